The highest BCUT2D eigenvalue weighted by Gasteiger charge is 2.30. The van der Waals surface area contributed by atoms with Crippen LogP contribution in [0.15, 0.2) is 41.4 Å². The lowest BCUT2D eigenvalue weighted by molar-refractivity contribution is -0.137. The molecule has 0 saturated heterocycles. The standard InChI is InChI=1S/C19H21F3N2/c1-5-24(4)12-23-18-11-13(2)17(10-14(18)3)15-6-8-16(9-7-15)19(20,21)22/h6-12H,5H2,1-4H3. The van der Waals surface area contributed by atoms with Crippen LogP contribution in [-0.4, -0.2) is 24.8 Å². The van der Waals surface area contributed by atoms with E-state index in [-0.39, 0.29) is 0 Å². The molecule has 5 heteroatoms. The lowest BCUT2D eigenvalue weighted by Crippen LogP contribution is -2.14. The summed E-state index contributed by atoms with van der Waals surface area (Å²) in [6, 6.07) is 9.19. The van der Waals surface area contributed by atoms with Crippen molar-refractivity contribution in [3.05, 3.63) is 53.1 Å². The minimum absolute atomic E-state index is 0.635. The van der Waals surface area contributed by atoms with Gasteiger partial charge in [-0.25, -0.2) is 4.99 Å². The zero-order chi connectivity index (χ0) is 17.9. The number of hydrogen-bond donors (Lipinski definition) is 0. The van der Waals surface area contributed by atoms with Gasteiger partial charge in [0.15, 0.2) is 0 Å². The van der Waals surface area contributed by atoms with Gasteiger partial charge < -0.3 is 4.90 Å². The Morgan fingerprint density at radius 2 is 1.67 bits per heavy atom. The van der Waals surface area contributed by atoms with Crippen LogP contribution in [0.4, 0.5) is 18.9 Å². The zero-order valence-electron chi connectivity index (χ0n) is 14.3. The van der Waals surface area contributed by atoms with Gasteiger partial charge >= 0.3 is 6.18 Å². The van der Waals surface area contributed by atoms with Crippen LogP contribution in [0.5, 0.6) is 0 Å². The SMILES string of the molecule is CCN(C)C=Nc1cc(C)c(-c2ccc(C(F)(F)F)cc2)cc1C. The smallest absolute Gasteiger partial charge is 0.366 e. The summed E-state index contributed by atoms with van der Waals surface area (Å²) in [6.07, 6.45) is -2.53. The van der Waals surface area contributed by atoms with Crippen LogP contribution in [-0.2, 0) is 6.18 Å². The van der Waals surface area contributed by atoms with E-state index in [1.54, 1.807) is 6.34 Å². The van der Waals surface area contributed by atoms with Crippen molar-refractivity contribution >= 4 is 12.0 Å². The van der Waals surface area contributed by atoms with Crippen LogP contribution in [0.1, 0.15) is 23.6 Å². The minimum atomic E-state index is -4.31. The largest absolute Gasteiger partial charge is 0.416 e. The van der Waals surface area contributed by atoms with Gasteiger partial charge in [0.25, 0.3) is 0 Å². The van der Waals surface area contributed by atoms with E-state index in [1.165, 1.54) is 12.1 Å². The Morgan fingerprint density at radius 1 is 1.04 bits per heavy atom. The quantitative estimate of drug-likeness (QED) is 0.525. The van der Waals surface area contributed by atoms with Crippen molar-refractivity contribution in [2.75, 3.05) is 13.6 Å². The van der Waals surface area contributed by atoms with Crippen LogP contribution >= 0.6 is 0 Å². The summed E-state index contributed by atoms with van der Waals surface area (Å²) in [6.45, 7) is 6.80. The van der Waals surface area contributed by atoms with Gasteiger partial charge in [-0.1, -0.05) is 12.1 Å². The first-order chi connectivity index (χ1) is 11.2. The van der Waals surface area contributed by atoms with E-state index in [0.29, 0.717) is 0 Å². The molecular weight excluding hydrogens is 313 g/mol. The van der Waals surface area contributed by atoms with E-state index in [1.807, 2.05) is 44.9 Å². The Hall–Kier alpha value is -2.30. The molecule has 0 aliphatic rings. The molecule has 0 unspecified atom stereocenters. The second-order valence-corrected chi connectivity index (χ2v) is 5.85. The molecule has 2 aromatic rings. The molecular formula is C19H21F3N2. The van der Waals surface area contributed by atoms with Crippen molar-refractivity contribution in [1.82, 2.24) is 4.90 Å². The normalized spacial score (nSPS) is 12.0. The molecule has 0 radical (unpaired) electrons. The summed E-state index contributed by atoms with van der Waals surface area (Å²) in [4.78, 5) is 6.44. The van der Waals surface area contributed by atoms with Gasteiger partial charge in [0.1, 0.15) is 0 Å². The maximum Gasteiger partial charge on any atom is 0.416 e. The molecule has 0 aliphatic carbocycles. The highest BCUT2D eigenvalue weighted by molar-refractivity contribution is 5.73. The van der Waals surface area contributed by atoms with Gasteiger partial charge in [-0.15, -0.1) is 0 Å². The molecule has 0 fully saturated rings. The van der Waals surface area contributed by atoms with E-state index in [4.69, 9.17) is 0 Å². The number of alkyl halides is 3. The molecule has 2 rings (SSSR count). The molecule has 0 bridgehead atoms. The van der Waals surface area contributed by atoms with Crippen molar-refractivity contribution in [2.24, 2.45) is 4.99 Å². The van der Waals surface area contributed by atoms with Crippen LogP contribution in [0, 0.1) is 13.8 Å². The van der Waals surface area contributed by atoms with Crippen LogP contribution in [0.25, 0.3) is 11.1 Å². The summed E-state index contributed by atoms with van der Waals surface area (Å²) in [5.74, 6) is 0. The minimum Gasteiger partial charge on any atom is -0.366 e. The summed E-state index contributed by atoms with van der Waals surface area (Å²) in [7, 11) is 1.95. The third-order valence-corrected chi connectivity index (χ3v) is 3.96. The Kier molecular flexibility index (Phi) is 5.32. The molecule has 0 aliphatic heterocycles. The highest BCUT2D eigenvalue weighted by Crippen LogP contribution is 2.33. The van der Waals surface area contributed by atoms with Gasteiger partial charge in [-0.2, -0.15) is 13.2 Å². The first kappa shape index (κ1) is 18.0. The predicted molar refractivity (Wildman–Crippen MR) is 92.8 cm³/mol. The highest BCUT2D eigenvalue weighted by atomic mass is 19.4. The third-order valence-electron chi connectivity index (χ3n) is 3.96. The van der Waals surface area contributed by atoms with Gasteiger partial charge in [0, 0.05) is 13.6 Å². The number of benzene rings is 2. The topological polar surface area (TPSA) is 15.6 Å². The van der Waals surface area contributed by atoms with Crippen molar-refractivity contribution < 1.29 is 13.2 Å². The van der Waals surface area contributed by atoms with Gasteiger partial charge in [-0.3, -0.25) is 0 Å². The van der Waals surface area contributed by atoms with Crippen LogP contribution in [0.3, 0.4) is 0 Å². The number of nitrogens with zero attached hydrogens (tertiary/aromatic N) is 2. The van der Waals surface area contributed by atoms with E-state index >= 15 is 0 Å². The maximum atomic E-state index is 12.7. The fourth-order valence-electron chi connectivity index (χ4n) is 2.33. The molecule has 0 spiro atoms. The zero-order valence-corrected chi connectivity index (χ0v) is 14.3. The Labute approximate surface area is 140 Å². The first-order valence-electron chi connectivity index (χ1n) is 7.75. The Balaban J connectivity index is 2.35. The lowest BCUT2D eigenvalue weighted by atomic mass is 9.96. The van der Waals surface area contributed by atoms with E-state index in [9.17, 15) is 13.2 Å². The van der Waals surface area contributed by atoms with Crippen molar-refractivity contribution in [3.63, 3.8) is 0 Å². The van der Waals surface area contributed by atoms with Crippen molar-refractivity contribution in [3.8, 4) is 11.1 Å². The molecule has 24 heavy (non-hydrogen) atoms. The number of rotatable bonds is 4. The number of halogens is 3. The lowest BCUT2D eigenvalue weighted by Gasteiger charge is -2.13. The van der Waals surface area contributed by atoms with E-state index < -0.39 is 11.7 Å². The average Bonchev–Trinajstić information content (AvgIpc) is 2.54. The number of hydrogen-bond acceptors (Lipinski definition) is 1. The summed E-state index contributed by atoms with van der Waals surface area (Å²) < 4.78 is 38.0. The average molecular weight is 334 g/mol. The summed E-state index contributed by atoms with van der Waals surface area (Å²) >= 11 is 0. The van der Waals surface area contributed by atoms with Crippen molar-refractivity contribution in [2.45, 2.75) is 26.9 Å². The molecule has 2 nitrogen and oxygen atoms in total. The van der Waals surface area contributed by atoms with Gasteiger partial charge in [0.05, 0.1) is 17.6 Å². The van der Waals surface area contributed by atoms with E-state index in [0.717, 1.165) is 46.6 Å². The second-order valence-electron chi connectivity index (χ2n) is 5.85. The summed E-state index contributed by atoms with van der Waals surface area (Å²) in [5, 5.41) is 0. The third kappa shape index (κ3) is 4.16. The molecule has 0 saturated carbocycles. The monoisotopic (exact) mass is 334 g/mol. The van der Waals surface area contributed by atoms with Crippen molar-refractivity contribution in [1.29, 1.82) is 0 Å². The predicted octanol–water partition coefficient (Wildman–Crippen LogP) is 5.60. The molecule has 2 aromatic carbocycles. The van der Waals surface area contributed by atoms with Crippen LogP contribution < -0.4 is 0 Å². The first-order valence-corrected chi connectivity index (χ1v) is 7.75. The Bertz CT molecular complexity index is 732. The second kappa shape index (κ2) is 7.07. The number of aryl methyl sites for hydroxylation is 2. The molecule has 0 atom stereocenters. The Morgan fingerprint density at radius 3 is 2.21 bits per heavy atom. The molecule has 0 amide bonds. The van der Waals surface area contributed by atoms with Gasteiger partial charge in [-0.05, 0) is 67.3 Å². The summed E-state index contributed by atoms with van der Waals surface area (Å²) in [5.41, 5.74) is 3.88. The number of aliphatic imine (C=N–C) groups is 1. The molecule has 0 aromatic heterocycles. The van der Waals surface area contributed by atoms with E-state index in [2.05, 4.69) is 4.99 Å². The van der Waals surface area contributed by atoms with Crippen LogP contribution in [0.2, 0.25) is 0 Å². The molecule has 0 heterocycles. The fraction of sp³-hybridized carbons (Fsp3) is 0.316. The molecule has 0 N–H and O–H groups in total. The van der Waals surface area contributed by atoms with Gasteiger partial charge in [0.2, 0.25) is 0 Å². The maximum absolute atomic E-state index is 12.7. The molecule has 128 valence electrons. The fourth-order valence-corrected chi connectivity index (χ4v) is 2.33.